The van der Waals surface area contributed by atoms with Crippen molar-refractivity contribution in [2.75, 3.05) is 0 Å². The summed E-state index contributed by atoms with van der Waals surface area (Å²) in [5, 5.41) is 0. The fraction of sp³-hybridized carbons (Fsp3) is 0.125. The fourth-order valence-corrected chi connectivity index (χ4v) is 0.916. The van der Waals surface area contributed by atoms with Crippen molar-refractivity contribution in [3.8, 4) is 0 Å². The predicted octanol–water partition coefficient (Wildman–Crippen LogP) is 2.48. The molecule has 0 saturated heterocycles. The van der Waals surface area contributed by atoms with Crippen LogP contribution in [0, 0.1) is 5.82 Å². The second kappa shape index (κ2) is 3.53. The number of nitrogens with zero attached hydrogens (tertiary/aromatic N) is 1. The summed E-state index contributed by atoms with van der Waals surface area (Å²) in [6.07, 6.45) is 0. The lowest BCUT2D eigenvalue weighted by Gasteiger charge is -1.98. The van der Waals surface area contributed by atoms with Crippen LogP contribution in [0.3, 0.4) is 0 Å². The molecule has 0 spiro atoms. The normalized spacial score (nSPS) is 11.7. The zero-order valence-corrected chi connectivity index (χ0v) is 6.98. The Bertz CT molecular complexity index is 283. The summed E-state index contributed by atoms with van der Waals surface area (Å²) in [5.41, 5.74) is 1.09. The molecule has 0 aliphatic rings. The van der Waals surface area contributed by atoms with Crippen molar-refractivity contribution in [3.63, 3.8) is 0 Å². The van der Waals surface area contributed by atoms with Crippen LogP contribution < -0.4 is 0 Å². The lowest BCUT2D eigenvalue weighted by Crippen LogP contribution is -1.96. The topological polar surface area (TPSA) is 12.4 Å². The molecule has 0 aliphatic heterocycles. The Balaban J connectivity index is 3.14. The first-order valence-electron chi connectivity index (χ1n) is 3.19. The molecule has 0 fully saturated rings. The predicted molar refractivity (Wildman–Crippen MR) is 47.6 cm³/mol. The lowest BCUT2D eigenvalue weighted by molar-refractivity contribution is 0.625. The highest BCUT2D eigenvalue weighted by molar-refractivity contribution is 7.79. The molecule has 0 radical (unpaired) electrons. The van der Waals surface area contributed by atoms with Crippen molar-refractivity contribution in [2.24, 2.45) is 4.40 Å². The quantitative estimate of drug-likeness (QED) is 0.490. The van der Waals surface area contributed by atoms with E-state index in [4.69, 9.17) is 0 Å². The van der Waals surface area contributed by atoms with Crippen LogP contribution in [0.5, 0.6) is 0 Å². The first-order chi connectivity index (χ1) is 5.25. The van der Waals surface area contributed by atoms with E-state index in [-0.39, 0.29) is 5.82 Å². The van der Waals surface area contributed by atoms with Gasteiger partial charge in [-0.2, -0.15) is 0 Å². The summed E-state index contributed by atoms with van der Waals surface area (Å²) in [6, 6.07) is 6.48. The highest BCUT2D eigenvalue weighted by atomic mass is 32.1. The van der Waals surface area contributed by atoms with Gasteiger partial charge in [0.1, 0.15) is 5.82 Å². The van der Waals surface area contributed by atoms with Crippen LogP contribution in [0.4, 0.5) is 4.39 Å². The van der Waals surface area contributed by atoms with E-state index in [0.29, 0.717) is 11.3 Å². The summed E-state index contributed by atoms with van der Waals surface area (Å²) in [4.78, 5) is 0. The van der Waals surface area contributed by atoms with Crippen LogP contribution in [0.25, 0.3) is 0 Å². The molecule has 1 nitrogen and oxygen atoms in total. The maximum Gasteiger partial charge on any atom is 0.132 e. The SMILES string of the molecule is CC(=NS)c1ccccc1F. The van der Waals surface area contributed by atoms with Gasteiger partial charge in [-0.05, 0) is 25.8 Å². The van der Waals surface area contributed by atoms with Crippen LogP contribution in [0.1, 0.15) is 12.5 Å². The minimum atomic E-state index is -0.261. The Morgan fingerprint density at radius 3 is 2.64 bits per heavy atom. The van der Waals surface area contributed by atoms with E-state index in [1.807, 2.05) is 0 Å². The molecule has 0 amide bonds. The number of thiol groups is 1. The highest BCUT2D eigenvalue weighted by Gasteiger charge is 2.01. The molecule has 58 valence electrons. The molecule has 0 aromatic heterocycles. The van der Waals surface area contributed by atoms with Crippen LogP contribution in [-0.2, 0) is 0 Å². The van der Waals surface area contributed by atoms with Gasteiger partial charge in [-0.3, -0.25) is 0 Å². The van der Waals surface area contributed by atoms with E-state index in [9.17, 15) is 4.39 Å². The monoisotopic (exact) mass is 169 g/mol. The second-order valence-corrected chi connectivity index (χ2v) is 2.37. The van der Waals surface area contributed by atoms with Crippen molar-refractivity contribution in [3.05, 3.63) is 35.6 Å². The zero-order valence-electron chi connectivity index (χ0n) is 6.08. The molecule has 11 heavy (non-hydrogen) atoms. The molecule has 0 atom stereocenters. The van der Waals surface area contributed by atoms with Gasteiger partial charge in [-0.15, -0.1) is 0 Å². The molecule has 0 aliphatic carbocycles. The minimum Gasteiger partial charge on any atom is -0.224 e. The summed E-state index contributed by atoms with van der Waals surface area (Å²) >= 11 is 3.70. The van der Waals surface area contributed by atoms with Gasteiger partial charge >= 0.3 is 0 Å². The Morgan fingerprint density at radius 1 is 1.45 bits per heavy atom. The van der Waals surface area contributed by atoms with Crippen molar-refractivity contribution in [1.82, 2.24) is 0 Å². The van der Waals surface area contributed by atoms with Crippen molar-refractivity contribution >= 4 is 18.5 Å². The molecule has 0 heterocycles. The van der Waals surface area contributed by atoms with Gasteiger partial charge in [0.2, 0.25) is 0 Å². The Hall–Kier alpha value is -0.830. The van der Waals surface area contributed by atoms with Crippen molar-refractivity contribution in [2.45, 2.75) is 6.92 Å². The third kappa shape index (κ3) is 1.80. The molecular formula is C8H8FNS. The summed E-state index contributed by atoms with van der Waals surface area (Å²) < 4.78 is 16.5. The Labute approximate surface area is 70.5 Å². The van der Waals surface area contributed by atoms with E-state index in [2.05, 4.69) is 17.2 Å². The van der Waals surface area contributed by atoms with Crippen molar-refractivity contribution < 1.29 is 4.39 Å². The van der Waals surface area contributed by atoms with Crippen molar-refractivity contribution in [1.29, 1.82) is 0 Å². The van der Waals surface area contributed by atoms with Gasteiger partial charge in [0.25, 0.3) is 0 Å². The molecule has 0 saturated carbocycles. The summed E-state index contributed by atoms with van der Waals surface area (Å²) in [6.45, 7) is 1.71. The first-order valence-corrected chi connectivity index (χ1v) is 3.59. The molecular weight excluding hydrogens is 161 g/mol. The van der Waals surface area contributed by atoms with Gasteiger partial charge in [0, 0.05) is 5.56 Å². The van der Waals surface area contributed by atoms with Gasteiger partial charge in [-0.1, -0.05) is 18.2 Å². The van der Waals surface area contributed by atoms with E-state index in [1.165, 1.54) is 6.07 Å². The lowest BCUT2D eigenvalue weighted by atomic mass is 10.1. The molecule has 0 unspecified atom stereocenters. The molecule has 1 rings (SSSR count). The standard InChI is InChI=1S/C8H8FNS/c1-6(10-11)7-4-2-3-5-8(7)9/h2-5,11H,1H3. The molecule has 1 aromatic carbocycles. The number of hydrogen-bond acceptors (Lipinski definition) is 2. The average molecular weight is 169 g/mol. The molecule has 3 heteroatoms. The van der Waals surface area contributed by atoms with Crippen LogP contribution in [0.15, 0.2) is 28.7 Å². The maximum atomic E-state index is 12.9. The van der Waals surface area contributed by atoms with E-state index in [1.54, 1.807) is 25.1 Å². The van der Waals surface area contributed by atoms with Gasteiger partial charge < -0.3 is 0 Å². The fourth-order valence-electron chi connectivity index (χ4n) is 0.808. The van der Waals surface area contributed by atoms with Gasteiger partial charge in [0.05, 0.1) is 5.71 Å². The second-order valence-electron chi connectivity index (χ2n) is 2.17. The average Bonchev–Trinajstić information content (AvgIpc) is 2.04. The Kier molecular flexibility index (Phi) is 2.65. The first kappa shape index (κ1) is 8.27. The zero-order chi connectivity index (χ0) is 8.27. The van der Waals surface area contributed by atoms with Crippen LogP contribution in [0.2, 0.25) is 0 Å². The number of hydrogen-bond donors (Lipinski definition) is 1. The summed E-state index contributed by atoms with van der Waals surface area (Å²) in [5.74, 6) is -0.261. The smallest absolute Gasteiger partial charge is 0.132 e. The minimum absolute atomic E-state index is 0.261. The highest BCUT2D eigenvalue weighted by Crippen LogP contribution is 2.07. The van der Waals surface area contributed by atoms with Gasteiger partial charge in [0.15, 0.2) is 0 Å². The third-order valence-electron chi connectivity index (χ3n) is 1.41. The molecule has 0 bridgehead atoms. The van der Waals surface area contributed by atoms with E-state index < -0.39 is 0 Å². The number of benzene rings is 1. The third-order valence-corrected chi connectivity index (χ3v) is 1.71. The van der Waals surface area contributed by atoms with Gasteiger partial charge in [-0.25, -0.2) is 8.79 Å². The Morgan fingerprint density at radius 2 is 2.09 bits per heavy atom. The largest absolute Gasteiger partial charge is 0.224 e. The van der Waals surface area contributed by atoms with E-state index >= 15 is 0 Å². The maximum absolute atomic E-state index is 12.9. The number of halogens is 1. The van der Waals surface area contributed by atoms with Crippen LogP contribution in [-0.4, -0.2) is 5.71 Å². The van der Waals surface area contributed by atoms with Crippen LogP contribution >= 0.6 is 12.8 Å². The summed E-state index contributed by atoms with van der Waals surface area (Å²) in [7, 11) is 0. The molecule has 1 aromatic rings. The molecule has 0 N–H and O–H groups in total. The number of rotatable bonds is 1. The van der Waals surface area contributed by atoms with E-state index in [0.717, 1.165) is 0 Å².